The van der Waals surface area contributed by atoms with Gasteiger partial charge in [-0.2, -0.15) is 0 Å². The molecule has 1 aromatic carbocycles. The van der Waals surface area contributed by atoms with Gasteiger partial charge in [-0.3, -0.25) is 5.84 Å². The van der Waals surface area contributed by atoms with Gasteiger partial charge in [-0.05, 0) is 31.7 Å². The number of benzene rings is 1. The van der Waals surface area contributed by atoms with Gasteiger partial charge < -0.3 is 5.43 Å². The maximum Gasteiger partial charge on any atom is 0.218 e. The standard InChI is InChI=1S/C9H15N3O2S.ClH/c1-7(15(13,14)11-2)8-3-5-9(12-10)6-4-8;/h3-7,11-12H,10H2,1-2H3;1H. The minimum absolute atomic E-state index is 0. The first kappa shape index (κ1) is 15.2. The summed E-state index contributed by atoms with van der Waals surface area (Å²) in [5.41, 5.74) is 3.95. The van der Waals surface area contributed by atoms with Crippen molar-refractivity contribution in [2.24, 2.45) is 5.84 Å². The Morgan fingerprint density at radius 3 is 2.12 bits per heavy atom. The summed E-state index contributed by atoms with van der Waals surface area (Å²) in [4.78, 5) is 0. The van der Waals surface area contributed by atoms with Crippen molar-refractivity contribution < 1.29 is 8.42 Å². The lowest BCUT2D eigenvalue weighted by Crippen LogP contribution is -2.24. The van der Waals surface area contributed by atoms with Crippen LogP contribution in [0.2, 0.25) is 0 Å². The predicted molar refractivity (Wildman–Crippen MR) is 67.9 cm³/mol. The number of hydrazine groups is 1. The molecule has 1 rings (SSSR count). The average molecular weight is 266 g/mol. The quantitative estimate of drug-likeness (QED) is 0.560. The van der Waals surface area contributed by atoms with Crippen LogP contribution in [0, 0.1) is 0 Å². The molecule has 0 spiro atoms. The van der Waals surface area contributed by atoms with Gasteiger partial charge >= 0.3 is 0 Å². The van der Waals surface area contributed by atoms with Crippen molar-refractivity contribution in [3.63, 3.8) is 0 Å². The van der Waals surface area contributed by atoms with Gasteiger partial charge in [0.25, 0.3) is 0 Å². The van der Waals surface area contributed by atoms with E-state index in [1.165, 1.54) is 7.05 Å². The van der Waals surface area contributed by atoms with E-state index < -0.39 is 15.3 Å². The molecule has 0 saturated heterocycles. The Bertz CT molecular complexity index is 419. The molecule has 1 unspecified atom stereocenters. The molecule has 0 fully saturated rings. The number of halogens is 1. The summed E-state index contributed by atoms with van der Waals surface area (Å²) in [6.45, 7) is 1.64. The average Bonchev–Trinajstić information content (AvgIpc) is 2.28. The van der Waals surface area contributed by atoms with Crippen LogP contribution in [0.1, 0.15) is 17.7 Å². The van der Waals surface area contributed by atoms with Gasteiger partial charge in [0.2, 0.25) is 10.0 Å². The summed E-state index contributed by atoms with van der Waals surface area (Å²) in [5, 5.41) is -0.575. The molecule has 0 saturated carbocycles. The van der Waals surface area contributed by atoms with Gasteiger partial charge in [0.1, 0.15) is 0 Å². The molecule has 16 heavy (non-hydrogen) atoms. The zero-order chi connectivity index (χ0) is 11.5. The highest BCUT2D eigenvalue weighted by atomic mass is 35.5. The number of hydrogen-bond acceptors (Lipinski definition) is 4. The van der Waals surface area contributed by atoms with E-state index in [4.69, 9.17) is 5.84 Å². The molecular formula is C9H16ClN3O2S. The van der Waals surface area contributed by atoms with Crippen molar-refractivity contribution in [1.82, 2.24) is 4.72 Å². The van der Waals surface area contributed by atoms with Crippen molar-refractivity contribution in [2.45, 2.75) is 12.2 Å². The number of rotatable bonds is 4. The van der Waals surface area contributed by atoms with Gasteiger partial charge in [0.05, 0.1) is 5.25 Å². The van der Waals surface area contributed by atoms with Crippen LogP contribution < -0.4 is 16.0 Å². The van der Waals surface area contributed by atoms with E-state index in [9.17, 15) is 8.42 Å². The summed E-state index contributed by atoms with van der Waals surface area (Å²) >= 11 is 0. The van der Waals surface area contributed by atoms with Crippen molar-refractivity contribution in [2.75, 3.05) is 12.5 Å². The fourth-order valence-corrected chi connectivity index (χ4v) is 2.08. The Morgan fingerprint density at radius 2 is 1.75 bits per heavy atom. The number of nitrogens with two attached hydrogens (primary N) is 1. The summed E-state index contributed by atoms with van der Waals surface area (Å²) in [5.74, 6) is 5.21. The van der Waals surface area contributed by atoms with Gasteiger partial charge in [-0.25, -0.2) is 13.1 Å². The van der Waals surface area contributed by atoms with E-state index >= 15 is 0 Å². The Kier molecular flexibility index (Phi) is 5.74. The molecule has 1 aromatic rings. The lowest BCUT2D eigenvalue weighted by Gasteiger charge is -2.12. The molecule has 0 radical (unpaired) electrons. The SMILES string of the molecule is CNS(=O)(=O)C(C)c1ccc(NN)cc1.Cl. The van der Waals surface area contributed by atoms with Crippen molar-refractivity contribution >= 4 is 28.1 Å². The third-order valence-electron chi connectivity index (χ3n) is 2.30. The van der Waals surface area contributed by atoms with Crippen LogP contribution in [0.3, 0.4) is 0 Å². The Hall–Kier alpha value is -0.820. The van der Waals surface area contributed by atoms with E-state index in [1.807, 2.05) is 0 Å². The van der Waals surface area contributed by atoms with E-state index in [0.29, 0.717) is 0 Å². The number of nitrogen functional groups attached to an aromatic ring is 1. The van der Waals surface area contributed by atoms with E-state index in [-0.39, 0.29) is 12.4 Å². The Labute approximate surface area is 102 Å². The van der Waals surface area contributed by atoms with Crippen LogP contribution in [-0.4, -0.2) is 15.5 Å². The van der Waals surface area contributed by atoms with Crippen LogP contribution in [0.4, 0.5) is 5.69 Å². The summed E-state index contributed by atoms with van der Waals surface area (Å²) in [6, 6.07) is 6.93. The Balaban J connectivity index is 0.00000225. The lowest BCUT2D eigenvalue weighted by molar-refractivity contribution is 0.578. The molecule has 0 aliphatic rings. The molecule has 1 atom stereocenters. The van der Waals surface area contributed by atoms with Gasteiger partial charge in [0.15, 0.2) is 0 Å². The molecule has 5 nitrogen and oxygen atoms in total. The maximum absolute atomic E-state index is 11.5. The highest BCUT2D eigenvalue weighted by molar-refractivity contribution is 7.89. The van der Waals surface area contributed by atoms with Crippen molar-refractivity contribution in [1.29, 1.82) is 0 Å². The van der Waals surface area contributed by atoms with E-state index in [2.05, 4.69) is 10.1 Å². The van der Waals surface area contributed by atoms with Crippen LogP contribution in [-0.2, 0) is 10.0 Å². The number of anilines is 1. The zero-order valence-corrected chi connectivity index (χ0v) is 10.7. The van der Waals surface area contributed by atoms with Crippen molar-refractivity contribution in [3.05, 3.63) is 29.8 Å². The first-order valence-electron chi connectivity index (χ1n) is 4.50. The van der Waals surface area contributed by atoms with Crippen LogP contribution in [0.25, 0.3) is 0 Å². The third kappa shape index (κ3) is 3.34. The maximum atomic E-state index is 11.5. The topological polar surface area (TPSA) is 84.2 Å². The molecule has 0 aliphatic carbocycles. The first-order valence-corrected chi connectivity index (χ1v) is 6.05. The minimum atomic E-state index is -3.27. The molecule has 4 N–H and O–H groups in total. The van der Waals surface area contributed by atoms with Crippen LogP contribution in [0.15, 0.2) is 24.3 Å². The molecule has 0 bridgehead atoms. The fraction of sp³-hybridized carbons (Fsp3) is 0.333. The molecule has 7 heteroatoms. The summed E-state index contributed by atoms with van der Waals surface area (Å²) < 4.78 is 25.3. The normalized spacial score (nSPS) is 12.7. The second kappa shape index (κ2) is 6.05. The minimum Gasteiger partial charge on any atom is -0.324 e. The lowest BCUT2D eigenvalue weighted by atomic mass is 10.1. The number of sulfonamides is 1. The summed E-state index contributed by atoms with van der Waals surface area (Å²) in [6.07, 6.45) is 0. The molecule has 0 aliphatic heterocycles. The largest absolute Gasteiger partial charge is 0.324 e. The molecule has 92 valence electrons. The molecule has 0 heterocycles. The second-order valence-corrected chi connectivity index (χ2v) is 5.36. The molecule has 0 amide bonds. The second-order valence-electron chi connectivity index (χ2n) is 3.16. The van der Waals surface area contributed by atoms with Crippen molar-refractivity contribution in [3.8, 4) is 0 Å². The molecular weight excluding hydrogens is 250 g/mol. The van der Waals surface area contributed by atoms with E-state index in [1.54, 1.807) is 31.2 Å². The number of nitrogens with one attached hydrogen (secondary N) is 2. The van der Waals surface area contributed by atoms with Gasteiger partial charge in [0, 0.05) is 5.69 Å². The Morgan fingerprint density at radius 1 is 1.25 bits per heavy atom. The zero-order valence-electron chi connectivity index (χ0n) is 9.10. The van der Waals surface area contributed by atoms with E-state index in [0.717, 1.165) is 11.3 Å². The van der Waals surface area contributed by atoms with Gasteiger partial charge in [-0.15, -0.1) is 12.4 Å². The summed E-state index contributed by atoms with van der Waals surface area (Å²) in [7, 11) is -1.87. The van der Waals surface area contributed by atoms with Crippen LogP contribution >= 0.6 is 12.4 Å². The highest BCUT2D eigenvalue weighted by Gasteiger charge is 2.19. The highest BCUT2D eigenvalue weighted by Crippen LogP contribution is 2.21. The number of hydrogen-bond donors (Lipinski definition) is 3. The molecule has 0 aromatic heterocycles. The van der Waals surface area contributed by atoms with Gasteiger partial charge in [-0.1, -0.05) is 12.1 Å². The monoisotopic (exact) mass is 265 g/mol. The fourth-order valence-electron chi connectivity index (χ4n) is 1.21. The predicted octanol–water partition coefficient (Wildman–Crippen LogP) is 1.00. The third-order valence-corrected chi connectivity index (χ3v) is 4.07. The first-order chi connectivity index (χ1) is 7.01. The van der Waals surface area contributed by atoms with Crippen LogP contribution in [0.5, 0.6) is 0 Å². The smallest absolute Gasteiger partial charge is 0.218 e.